The third-order valence-electron chi connectivity index (χ3n) is 6.42. The average molecular weight is 389 g/mol. The van der Waals surface area contributed by atoms with Crippen LogP contribution < -0.4 is 5.32 Å². The number of H-pyrrole nitrogens is 1. The number of nitrogens with one attached hydrogen (secondary N) is 2. The number of benzene rings is 2. The molecule has 1 saturated heterocycles. The number of carbonyl (C=O) groups excluding carboxylic acids is 1. The van der Waals surface area contributed by atoms with Gasteiger partial charge in [0, 0.05) is 36.2 Å². The molecule has 1 amide bonds. The lowest BCUT2D eigenvalue weighted by atomic mass is 9.79. The molecule has 0 bridgehead atoms. The molecular formula is C23H23N3O3. The van der Waals surface area contributed by atoms with E-state index >= 15 is 0 Å². The Morgan fingerprint density at radius 2 is 1.66 bits per heavy atom. The predicted molar refractivity (Wildman–Crippen MR) is 110 cm³/mol. The molecule has 3 heterocycles. The summed E-state index contributed by atoms with van der Waals surface area (Å²) in [5.41, 5.74) is 3.97. The minimum Gasteiger partial charge on any atom is -0.478 e. The van der Waals surface area contributed by atoms with Gasteiger partial charge in [0.2, 0.25) is 0 Å². The molecule has 29 heavy (non-hydrogen) atoms. The molecule has 0 saturated carbocycles. The predicted octanol–water partition coefficient (Wildman–Crippen LogP) is 3.14. The fraction of sp³-hybridized carbons (Fsp3) is 0.304. The largest absolute Gasteiger partial charge is 0.478 e. The summed E-state index contributed by atoms with van der Waals surface area (Å²) in [6, 6.07) is 14.9. The number of aromatic carboxylic acids is 1. The number of carboxylic acids is 1. The normalized spacial score (nSPS) is 18.0. The Morgan fingerprint density at radius 1 is 0.966 bits per heavy atom. The highest BCUT2D eigenvalue weighted by atomic mass is 16.4. The SMILES string of the molecule is O=C(O)c1ccccc1C(=O)N1CCC2(CC1)NCCc1c2[nH]c2ccccc12. The third kappa shape index (κ3) is 2.83. The molecule has 2 aliphatic heterocycles. The summed E-state index contributed by atoms with van der Waals surface area (Å²) in [6.07, 6.45) is 2.59. The summed E-state index contributed by atoms with van der Waals surface area (Å²) in [7, 11) is 0. The fourth-order valence-corrected chi connectivity index (χ4v) is 4.93. The maximum atomic E-state index is 13.0. The van der Waals surface area contributed by atoms with Crippen LogP contribution in [0.25, 0.3) is 10.9 Å². The number of aromatic amines is 1. The zero-order valence-corrected chi connectivity index (χ0v) is 16.1. The topological polar surface area (TPSA) is 85.4 Å². The van der Waals surface area contributed by atoms with E-state index in [1.165, 1.54) is 22.7 Å². The van der Waals surface area contributed by atoms with Gasteiger partial charge in [-0.3, -0.25) is 4.79 Å². The zero-order chi connectivity index (χ0) is 20.0. The number of nitrogens with zero attached hydrogens (tertiary/aromatic N) is 1. The number of para-hydroxylation sites is 1. The van der Waals surface area contributed by atoms with E-state index in [2.05, 4.69) is 28.5 Å². The van der Waals surface area contributed by atoms with Crippen molar-refractivity contribution in [3.63, 3.8) is 0 Å². The number of fused-ring (bicyclic) bond motifs is 4. The zero-order valence-electron chi connectivity index (χ0n) is 16.1. The Kier molecular flexibility index (Phi) is 4.17. The second-order valence-corrected chi connectivity index (χ2v) is 7.93. The van der Waals surface area contributed by atoms with Crippen LogP contribution in [-0.4, -0.2) is 46.5 Å². The lowest BCUT2D eigenvalue weighted by Gasteiger charge is -2.45. The highest BCUT2D eigenvalue weighted by Gasteiger charge is 2.42. The van der Waals surface area contributed by atoms with Crippen molar-refractivity contribution >= 4 is 22.8 Å². The van der Waals surface area contributed by atoms with Gasteiger partial charge >= 0.3 is 5.97 Å². The van der Waals surface area contributed by atoms with E-state index in [1.54, 1.807) is 23.1 Å². The van der Waals surface area contributed by atoms with Gasteiger partial charge in [-0.25, -0.2) is 4.79 Å². The molecule has 2 aliphatic rings. The van der Waals surface area contributed by atoms with Crippen LogP contribution in [0.5, 0.6) is 0 Å². The molecule has 0 radical (unpaired) electrons. The van der Waals surface area contributed by atoms with Crippen molar-refractivity contribution in [2.24, 2.45) is 0 Å². The first-order valence-corrected chi connectivity index (χ1v) is 10.1. The molecule has 6 heteroatoms. The van der Waals surface area contributed by atoms with Crippen LogP contribution in [0.1, 0.15) is 44.8 Å². The van der Waals surface area contributed by atoms with Crippen LogP contribution >= 0.6 is 0 Å². The number of likely N-dealkylation sites (tertiary alicyclic amines) is 1. The minimum atomic E-state index is -1.07. The first-order chi connectivity index (χ1) is 14.1. The van der Waals surface area contributed by atoms with Crippen LogP contribution in [-0.2, 0) is 12.0 Å². The van der Waals surface area contributed by atoms with Crippen LogP contribution in [0.3, 0.4) is 0 Å². The number of hydrogen-bond donors (Lipinski definition) is 3. The summed E-state index contributed by atoms with van der Waals surface area (Å²) < 4.78 is 0. The van der Waals surface area contributed by atoms with Crippen molar-refractivity contribution in [3.05, 3.63) is 70.9 Å². The first kappa shape index (κ1) is 17.9. The number of aromatic nitrogens is 1. The molecule has 0 unspecified atom stereocenters. The van der Waals surface area contributed by atoms with Crippen molar-refractivity contribution in [1.82, 2.24) is 15.2 Å². The van der Waals surface area contributed by atoms with Gasteiger partial charge in [-0.15, -0.1) is 0 Å². The molecule has 0 aliphatic carbocycles. The van der Waals surface area contributed by atoms with E-state index in [0.717, 1.165) is 31.3 Å². The van der Waals surface area contributed by atoms with Gasteiger partial charge in [0.05, 0.1) is 16.7 Å². The molecule has 3 N–H and O–H groups in total. The molecule has 1 aromatic heterocycles. The maximum absolute atomic E-state index is 13.0. The van der Waals surface area contributed by atoms with Gasteiger partial charge in [0.25, 0.3) is 5.91 Å². The smallest absolute Gasteiger partial charge is 0.336 e. The van der Waals surface area contributed by atoms with Crippen LogP contribution in [0.15, 0.2) is 48.5 Å². The number of amides is 1. The summed E-state index contributed by atoms with van der Waals surface area (Å²) in [5, 5.41) is 14.4. The molecule has 6 nitrogen and oxygen atoms in total. The molecule has 2 aromatic carbocycles. The summed E-state index contributed by atoms with van der Waals surface area (Å²) in [4.78, 5) is 29.9. The molecule has 1 spiro atoms. The Bertz CT molecular complexity index is 1110. The maximum Gasteiger partial charge on any atom is 0.336 e. The standard InChI is InChI=1S/C23H23N3O3/c27-21(17-6-1-2-7-18(17)22(28)29)26-13-10-23(11-14-26)20-16(9-12-24-23)15-5-3-4-8-19(15)25-20/h1-8,24-25H,9-14H2,(H,28,29). The van der Waals surface area contributed by atoms with Crippen LogP contribution in [0.2, 0.25) is 0 Å². The molecule has 148 valence electrons. The van der Waals surface area contributed by atoms with Gasteiger partial charge in [-0.2, -0.15) is 0 Å². The third-order valence-corrected chi connectivity index (χ3v) is 6.42. The lowest BCUT2D eigenvalue weighted by Crippen LogP contribution is -2.55. The van der Waals surface area contributed by atoms with E-state index in [1.807, 2.05) is 6.07 Å². The summed E-state index contributed by atoms with van der Waals surface area (Å²) in [5.74, 6) is -1.27. The molecule has 3 aromatic rings. The van der Waals surface area contributed by atoms with Gasteiger partial charge in [-0.05, 0) is 43.0 Å². The number of rotatable bonds is 2. The quantitative estimate of drug-likeness (QED) is 0.629. The second kappa shape index (κ2) is 6.74. The van der Waals surface area contributed by atoms with Crippen LogP contribution in [0.4, 0.5) is 0 Å². The highest BCUT2D eigenvalue weighted by molar-refractivity contribution is 6.04. The Balaban J connectivity index is 1.42. The Labute approximate surface area is 168 Å². The van der Waals surface area contributed by atoms with Crippen molar-refractivity contribution in [2.75, 3.05) is 19.6 Å². The van der Waals surface area contributed by atoms with Crippen molar-refractivity contribution in [2.45, 2.75) is 24.8 Å². The van der Waals surface area contributed by atoms with Gasteiger partial charge in [-0.1, -0.05) is 30.3 Å². The van der Waals surface area contributed by atoms with Gasteiger partial charge in [0.1, 0.15) is 0 Å². The number of carboxylic acid groups (broad SMARTS) is 1. The molecule has 0 atom stereocenters. The minimum absolute atomic E-state index is 0.0616. The van der Waals surface area contributed by atoms with E-state index in [4.69, 9.17) is 0 Å². The van der Waals surface area contributed by atoms with E-state index in [0.29, 0.717) is 13.1 Å². The van der Waals surface area contributed by atoms with E-state index < -0.39 is 5.97 Å². The highest BCUT2D eigenvalue weighted by Crippen LogP contribution is 2.40. The first-order valence-electron chi connectivity index (χ1n) is 10.1. The fourth-order valence-electron chi connectivity index (χ4n) is 4.93. The van der Waals surface area contributed by atoms with Crippen LogP contribution in [0, 0.1) is 0 Å². The van der Waals surface area contributed by atoms with E-state index in [9.17, 15) is 14.7 Å². The summed E-state index contributed by atoms with van der Waals surface area (Å²) in [6.45, 7) is 2.10. The van der Waals surface area contributed by atoms with Crippen molar-refractivity contribution in [3.8, 4) is 0 Å². The monoisotopic (exact) mass is 389 g/mol. The lowest BCUT2D eigenvalue weighted by molar-refractivity contribution is 0.0607. The molecule has 1 fully saturated rings. The van der Waals surface area contributed by atoms with Gasteiger partial charge in [0.15, 0.2) is 0 Å². The Hall–Kier alpha value is -3.12. The molecular weight excluding hydrogens is 366 g/mol. The average Bonchev–Trinajstić information content (AvgIpc) is 3.14. The van der Waals surface area contributed by atoms with E-state index in [-0.39, 0.29) is 22.6 Å². The number of hydrogen-bond acceptors (Lipinski definition) is 3. The second-order valence-electron chi connectivity index (χ2n) is 7.93. The molecule has 5 rings (SSSR count). The van der Waals surface area contributed by atoms with Crippen molar-refractivity contribution < 1.29 is 14.7 Å². The Morgan fingerprint density at radius 3 is 2.41 bits per heavy atom. The summed E-state index contributed by atoms with van der Waals surface area (Å²) >= 11 is 0. The van der Waals surface area contributed by atoms with Gasteiger partial charge < -0.3 is 20.3 Å². The van der Waals surface area contributed by atoms with Crippen molar-refractivity contribution in [1.29, 1.82) is 0 Å². The number of carbonyl (C=O) groups is 2. The number of piperidine rings is 1.